The molecule has 0 rings (SSSR count). The van der Waals surface area contributed by atoms with Gasteiger partial charge in [0.05, 0.1) is 4.43 Å². The van der Waals surface area contributed by atoms with Crippen LogP contribution in [0, 0.1) is 0 Å². The second-order valence-corrected chi connectivity index (χ2v) is 1.58. The van der Waals surface area contributed by atoms with Crippen molar-refractivity contribution in [2.45, 2.75) is 0 Å². The average Bonchev–Trinajstić information content (AvgIpc) is 1.65. The van der Waals surface area contributed by atoms with Crippen LogP contribution in [-0.2, 0) is 9.90 Å². The first-order valence-corrected chi connectivity index (χ1v) is 2.99. The smallest absolute Gasteiger partial charge is 0.171 e. The van der Waals surface area contributed by atoms with E-state index in [9.17, 15) is 9.90 Å². The summed E-state index contributed by atoms with van der Waals surface area (Å²) in [5.74, 6) is -0.226. The summed E-state index contributed by atoms with van der Waals surface area (Å²) >= 11 is 1.86. The number of ketones is 1. The van der Waals surface area contributed by atoms with Crippen LogP contribution in [-0.4, -0.2) is 16.8 Å². The van der Waals surface area contributed by atoms with Crippen LogP contribution in [0.2, 0.25) is 0 Å². The Morgan fingerprint density at radius 3 is 2.17 bits per heavy atom. The van der Waals surface area contributed by atoms with Crippen molar-refractivity contribution in [3.63, 3.8) is 0 Å². The van der Waals surface area contributed by atoms with Crippen LogP contribution in [0.5, 0.6) is 0 Å². The molecule has 0 aromatic heterocycles. The SMILES string of the molecule is [O]CC(=O)CI. The molecule has 0 heterocycles. The first-order chi connectivity index (χ1) is 2.81. The topological polar surface area (TPSA) is 37.0 Å². The molecule has 0 unspecified atom stereocenters. The Bertz CT molecular complexity index is 46.8. The average molecular weight is 199 g/mol. The molecule has 0 fully saturated rings. The van der Waals surface area contributed by atoms with Gasteiger partial charge in [-0.25, -0.2) is 5.11 Å². The summed E-state index contributed by atoms with van der Waals surface area (Å²) in [6.45, 7) is -0.567. The minimum atomic E-state index is -0.567. The molecule has 0 saturated carbocycles. The van der Waals surface area contributed by atoms with Crippen molar-refractivity contribution in [3.8, 4) is 0 Å². The monoisotopic (exact) mass is 199 g/mol. The molecule has 0 bridgehead atoms. The van der Waals surface area contributed by atoms with Crippen molar-refractivity contribution < 1.29 is 9.90 Å². The molecular formula is C3H4IO2. The number of hydrogen-bond acceptors (Lipinski definition) is 1. The molecule has 0 spiro atoms. The maximum atomic E-state index is 9.86. The third kappa shape index (κ3) is 2.59. The van der Waals surface area contributed by atoms with E-state index in [0.717, 1.165) is 0 Å². The molecule has 0 aromatic rings. The van der Waals surface area contributed by atoms with E-state index >= 15 is 0 Å². The molecule has 0 aromatic carbocycles. The van der Waals surface area contributed by atoms with E-state index in [4.69, 9.17) is 0 Å². The van der Waals surface area contributed by atoms with E-state index in [2.05, 4.69) is 0 Å². The number of carbonyl (C=O) groups excluding carboxylic acids is 1. The van der Waals surface area contributed by atoms with Crippen molar-refractivity contribution in [1.29, 1.82) is 0 Å². The van der Waals surface area contributed by atoms with Crippen molar-refractivity contribution in [1.82, 2.24) is 0 Å². The van der Waals surface area contributed by atoms with Crippen LogP contribution >= 0.6 is 22.6 Å². The van der Waals surface area contributed by atoms with E-state index in [1.807, 2.05) is 22.6 Å². The zero-order valence-corrected chi connectivity index (χ0v) is 5.27. The van der Waals surface area contributed by atoms with E-state index in [1.54, 1.807) is 0 Å². The van der Waals surface area contributed by atoms with Crippen LogP contribution in [0.3, 0.4) is 0 Å². The first kappa shape index (κ1) is 6.36. The lowest BCUT2D eigenvalue weighted by molar-refractivity contribution is -0.120. The van der Waals surface area contributed by atoms with E-state index in [-0.39, 0.29) is 5.78 Å². The predicted molar refractivity (Wildman–Crippen MR) is 29.4 cm³/mol. The highest BCUT2D eigenvalue weighted by molar-refractivity contribution is 14.1. The van der Waals surface area contributed by atoms with Gasteiger partial charge in [0.1, 0.15) is 6.61 Å². The lowest BCUT2D eigenvalue weighted by Gasteiger charge is -1.77. The van der Waals surface area contributed by atoms with Gasteiger partial charge in [-0.2, -0.15) is 0 Å². The van der Waals surface area contributed by atoms with Crippen LogP contribution in [0.1, 0.15) is 0 Å². The largest absolute Gasteiger partial charge is 0.296 e. The second kappa shape index (κ2) is 3.55. The Hall–Kier alpha value is 0.360. The fourth-order valence-electron chi connectivity index (χ4n) is 0.0386. The van der Waals surface area contributed by atoms with Gasteiger partial charge in [-0.3, -0.25) is 4.79 Å². The van der Waals surface area contributed by atoms with Gasteiger partial charge in [0, 0.05) is 0 Å². The van der Waals surface area contributed by atoms with E-state index < -0.39 is 6.61 Å². The minimum Gasteiger partial charge on any atom is -0.296 e. The fraction of sp³-hybridized carbons (Fsp3) is 0.667. The number of halogens is 1. The Kier molecular flexibility index (Phi) is 3.76. The molecule has 0 saturated heterocycles. The summed E-state index contributed by atoms with van der Waals surface area (Å²) in [4.78, 5) is 9.86. The quantitative estimate of drug-likeness (QED) is 0.469. The third-order valence-electron chi connectivity index (χ3n) is 0.310. The van der Waals surface area contributed by atoms with Gasteiger partial charge in [0.15, 0.2) is 5.78 Å². The van der Waals surface area contributed by atoms with Gasteiger partial charge < -0.3 is 0 Å². The molecule has 0 atom stereocenters. The van der Waals surface area contributed by atoms with Crippen LogP contribution < -0.4 is 0 Å². The molecule has 35 valence electrons. The van der Waals surface area contributed by atoms with E-state index in [1.165, 1.54) is 0 Å². The molecule has 0 aliphatic rings. The molecule has 0 aliphatic heterocycles. The van der Waals surface area contributed by atoms with Gasteiger partial charge in [-0.1, -0.05) is 22.6 Å². The molecule has 3 heteroatoms. The lowest BCUT2D eigenvalue weighted by Crippen LogP contribution is -2.01. The summed E-state index contributed by atoms with van der Waals surface area (Å²) < 4.78 is 0.348. The van der Waals surface area contributed by atoms with Gasteiger partial charge >= 0.3 is 0 Å². The molecule has 2 nitrogen and oxygen atoms in total. The Morgan fingerprint density at radius 1 is 1.67 bits per heavy atom. The predicted octanol–water partition coefficient (Wildman–Crippen LogP) is 0.421. The summed E-state index contributed by atoms with van der Waals surface area (Å²) in [6, 6.07) is 0. The van der Waals surface area contributed by atoms with Gasteiger partial charge in [-0.15, -0.1) is 0 Å². The number of carbonyl (C=O) groups is 1. The zero-order chi connectivity index (χ0) is 4.99. The van der Waals surface area contributed by atoms with E-state index in [0.29, 0.717) is 4.43 Å². The highest BCUT2D eigenvalue weighted by Gasteiger charge is 1.91. The zero-order valence-electron chi connectivity index (χ0n) is 3.11. The summed E-state index contributed by atoms with van der Waals surface area (Å²) in [5, 5.41) is 9.51. The Labute approximate surface area is 49.7 Å². The fourth-order valence-corrected chi connectivity index (χ4v) is 0.259. The first-order valence-electron chi connectivity index (χ1n) is 1.47. The summed E-state index contributed by atoms with van der Waals surface area (Å²) in [7, 11) is 0. The highest BCUT2D eigenvalue weighted by Crippen LogP contribution is 1.79. The minimum absolute atomic E-state index is 0.226. The standard InChI is InChI=1S/C3H4IO2/c4-1-3(6)2-5/h1-2H2. The van der Waals surface area contributed by atoms with Crippen molar-refractivity contribution >= 4 is 28.4 Å². The van der Waals surface area contributed by atoms with Crippen molar-refractivity contribution in [3.05, 3.63) is 0 Å². The third-order valence-corrected chi connectivity index (χ3v) is 1.16. The summed E-state index contributed by atoms with van der Waals surface area (Å²) in [5.41, 5.74) is 0. The second-order valence-electron chi connectivity index (χ2n) is 0.817. The highest BCUT2D eigenvalue weighted by atomic mass is 127. The van der Waals surface area contributed by atoms with Crippen molar-refractivity contribution in [2.24, 2.45) is 0 Å². The molecule has 0 amide bonds. The van der Waals surface area contributed by atoms with Gasteiger partial charge in [-0.05, 0) is 0 Å². The van der Waals surface area contributed by atoms with Crippen LogP contribution in [0.4, 0.5) is 0 Å². The maximum Gasteiger partial charge on any atom is 0.171 e. The van der Waals surface area contributed by atoms with Gasteiger partial charge in [0.25, 0.3) is 0 Å². The molecule has 0 aliphatic carbocycles. The van der Waals surface area contributed by atoms with Crippen LogP contribution in [0.15, 0.2) is 0 Å². The molecule has 1 radical (unpaired) electrons. The Morgan fingerprint density at radius 2 is 2.17 bits per heavy atom. The number of hydrogen-bond donors (Lipinski definition) is 0. The number of alkyl halides is 1. The number of rotatable bonds is 2. The van der Waals surface area contributed by atoms with Crippen molar-refractivity contribution in [2.75, 3.05) is 11.0 Å². The van der Waals surface area contributed by atoms with Gasteiger partial charge in [0.2, 0.25) is 0 Å². The Balaban J connectivity index is 2.99. The molecule has 6 heavy (non-hydrogen) atoms. The molecular weight excluding hydrogens is 195 g/mol. The molecule has 0 N–H and O–H groups in total. The summed E-state index contributed by atoms with van der Waals surface area (Å²) in [6.07, 6.45) is 0. The van der Waals surface area contributed by atoms with Crippen LogP contribution in [0.25, 0.3) is 0 Å². The number of Topliss-reactive ketones (excluding diaryl/α,β-unsaturated/α-hetero) is 1. The maximum absolute atomic E-state index is 9.86. The lowest BCUT2D eigenvalue weighted by atomic mass is 10.5. The normalized spacial score (nSPS) is 8.33.